The average Bonchev–Trinajstić information content (AvgIpc) is 3.20. The van der Waals surface area contributed by atoms with Crippen molar-refractivity contribution in [3.63, 3.8) is 0 Å². The molecule has 1 aliphatic heterocycles. The molecule has 152 valence electrons. The first-order valence-electron chi connectivity index (χ1n) is 10.1. The summed E-state index contributed by atoms with van der Waals surface area (Å²) in [6.07, 6.45) is 0. The Morgan fingerprint density at radius 3 is 2.48 bits per heavy atom. The zero-order valence-electron chi connectivity index (χ0n) is 17.0. The second-order valence-electron chi connectivity index (χ2n) is 7.35. The summed E-state index contributed by atoms with van der Waals surface area (Å²) in [4.78, 5) is 17.5. The van der Waals surface area contributed by atoms with Crippen molar-refractivity contribution >= 4 is 22.6 Å². The molecular weight excluding hydrogens is 366 g/mol. The number of carbonyl (C=O) groups is 1. The van der Waals surface area contributed by atoms with Gasteiger partial charge in [-0.25, -0.2) is 0 Å². The quantitative estimate of drug-likeness (QED) is 0.690. The van der Waals surface area contributed by atoms with E-state index in [1.165, 1.54) is 5.56 Å². The number of hydrogen-bond donors (Lipinski definition) is 1. The minimum absolute atomic E-state index is 0.266. The molecular formula is C23H27N3O3. The van der Waals surface area contributed by atoms with E-state index in [1.54, 1.807) is 13.2 Å². The van der Waals surface area contributed by atoms with Gasteiger partial charge in [-0.2, -0.15) is 0 Å². The van der Waals surface area contributed by atoms with Crippen LogP contribution in [-0.2, 0) is 6.54 Å². The highest BCUT2D eigenvalue weighted by Crippen LogP contribution is 2.28. The van der Waals surface area contributed by atoms with Gasteiger partial charge in [0, 0.05) is 43.8 Å². The van der Waals surface area contributed by atoms with Crippen LogP contribution in [0.1, 0.15) is 23.0 Å². The lowest BCUT2D eigenvalue weighted by Gasteiger charge is -2.34. The number of amides is 1. The predicted octanol–water partition coefficient (Wildman–Crippen LogP) is 3.83. The molecule has 0 aliphatic carbocycles. The van der Waals surface area contributed by atoms with Gasteiger partial charge < -0.3 is 19.4 Å². The minimum Gasteiger partial charge on any atom is -0.493 e. The molecule has 0 atom stereocenters. The first-order chi connectivity index (χ1) is 14.2. The van der Waals surface area contributed by atoms with Crippen molar-refractivity contribution < 1.29 is 13.9 Å². The van der Waals surface area contributed by atoms with Crippen LogP contribution in [0.3, 0.4) is 0 Å². The van der Waals surface area contributed by atoms with Gasteiger partial charge in [-0.3, -0.25) is 9.69 Å². The molecule has 2 aromatic carbocycles. The Morgan fingerprint density at radius 2 is 1.79 bits per heavy atom. The molecule has 1 aliphatic rings. The molecule has 1 amide bonds. The van der Waals surface area contributed by atoms with Crippen molar-refractivity contribution in [1.29, 1.82) is 0 Å². The van der Waals surface area contributed by atoms with E-state index in [4.69, 9.17) is 9.15 Å². The SMILES string of the molecule is CCN1CCN(Cc2ccc(NC(=O)c3cc4cccc(OC)c4o3)cc2)CC1. The maximum absolute atomic E-state index is 12.6. The number of anilines is 1. The molecule has 1 aromatic heterocycles. The van der Waals surface area contributed by atoms with E-state index in [2.05, 4.69) is 34.2 Å². The van der Waals surface area contributed by atoms with Gasteiger partial charge in [0.25, 0.3) is 5.91 Å². The number of fused-ring (bicyclic) bond motifs is 1. The number of nitrogens with zero attached hydrogens (tertiary/aromatic N) is 2. The molecule has 1 N–H and O–H groups in total. The number of furan rings is 1. The van der Waals surface area contributed by atoms with Gasteiger partial charge in [0.15, 0.2) is 17.1 Å². The van der Waals surface area contributed by atoms with Gasteiger partial charge >= 0.3 is 0 Å². The van der Waals surface area contributed by atoms with Crippen molar-refractivity contribution in [2.24, 2.45) is 0 Å². The van der Waals surface area contributed by atoms with Crippen LogP contribution >= 0.6 is 0 Å². The van der Waals surface area contributed by atoms with Crippen LogP contribution in [0.2, 0.25) is 0 Å². The predicted molar refractivity (Wildman–Crippen MR) is 115 cm³/mol. The van der Waals surface area contributed by atoms with E-state index in [9.17, 15) is 4.79 Å². The summed E-state index contributed by atoms with van der Waals surface area (Å²) in [7, 11) is 1.59. The van der Waals surface area contributed by atoms with E-state index in [1.807, 2.05) is 30.3 Å². The fourth-order valence-electron chi connectivity index (χ4n) is 3.72. The molecule has 4 rings (SSSR count). The Labute approximate surface area is 171 Å². The van der Waals surface area contributed by atoms with Gasteiger partial charge in [0.05, 0.1) is 7.11 Å². The summed E-state index contributed by atoms with van der Waals surface area (Å²) in [5.74, 6) is 0.611. The van der Waals surface area contributed by atoms with Gasteiger partial charge in [-0.15, -0.1) is 0 Å². The number of piperazine rings is 1. The fourth-order valence-corrected chi connectivity index (χ4v) is 3.72. The summed E-state index contributed by atoms with van der Waals surface area (Å²) in [5.41, 5.74) is 2.59. The maximum Gasteiger partial charge on any atom is 0.291 e. The Hall–Kier alpha value is -2.83. The van der Waals surface area contributed by atoms with E-state index in [0.29, 0.717) is 11.3 Å². The molecule has 0 unspecified atom stereocenters. The average molecular weight is 393 g/mol. The molecule has 0 spiro atoms. The van der Waals surface area contributed by atoms with Gasteiger partial charge in [-0.05, 0) is 36.4 Å². The summed E-state index contributed by atoms with van der Waals surface area (Å²) >= 11 is 0. The first kappa shape index (κ1) is 19.5. The molecule has 29 heavy (non-hydrogen) atoms. The highest BCUT2D eigenvalue weighted by atomic mass is 16.5. The van der Waals surface area contributed by atoms with Gasteiger partial charge in [0.2, 0.25) is 0 Å². The van der Waals surface area contributed by atoms with E-state index >= 15 is 0 Å². The smallest absolute Gasteiger partial charge is 0.291 e. The van der Waals surface area contributed by atoms with E-state index in [0.717, 1.165) is 50.3 Å². The van der Waals surface area contributed by atoms with Crippen molar-refractivity contribution in [3.8, 4) is 5.75 Å². The second kappa shape index (κ2) is 8.68. The molecule has 6 nitrogen and oxygen atoms in total. The van der Waals surface area contributed by atoms with Gasteiger partial charge in [0.1, 0.15) is 0 Å². The zero-order valence-corrected chi connectivity index (χ0v) is 17.0. The van der Waals surface area contributed by atoms with Crippen LogP contribution in [0.4, 0.5) is 5.69 Å². The highest BCUT2D eigenvalue weighted by Gasteiger charge is 2.17. The number of methoxy groups -OCH3 is 1. The van der Waals surface area contributed by atoms with Crippen molar-refractivity contribution in [2.75, 3.05) is 45.2 Å². The lowest BCUT2D eigenvalue weighted by atomic mass is 10.1. The Kier molecular flexibility index (Phi) is 5.83. The summed E-state index contributed by atoms with van der Waals surface area (Å²) in [5, 5.41) is 3.75. The maximum atomic E-state index is 12.6. The largest absolute Gasteiger partial charge is 0.493 e. The number of likely N-dealkylation sites (N-methyl/N-ethyl adjacent to an activating group) is 1. The Balaban J connectivity index is 1.38. The van der Waals surface area contributed by atoms with Crippen LogP contribution in [0.15, 0.2) is 52.9 Å². The third-order valence-corrected chi connectivity index (χ3v) is 5.48. The molecule has 0 radical (unpaired) electrons. The molecule has 0 saturated carbocycles. The number of benzene rings is 2. The number of nitrogens with one attached hydrogen (secondary N) is 1. The second-order valence-corrected chi connectivity index (χ2v) is 7.35. The summed E-state index contributed by atoms with van der Waals surface area (Å²) < 4.78 is 11.0. The van der Waals surface area contributed by atoms with Crippen LogP contribution in [0.25, 0.3) is 11.0 Å². The summed E-state index contributed by atoms with van der Waals surface area (Å²) in [6.45, 7) is 8.74. The normalized spacial score (nSPS) is 15.5. The van der Waals surface area contributed by atoms with Crippen molar-refractivity contribution in [3.05, 3.63) is 59.9 Å². The number of hydrogen-bond acceptors (Lipinski definition) is 5. The molecule has 0 bridgehead atoms. The molecule has 1 saturated heterocycles. The zero-order chi connectivity index (χ0) is 20.2. The topological polar surface area (TPSA) is 58.0 Å². The standard InChI is InChI=1S/C23H27N3O3/c1-3-25-11-13-26(14-12-25)16-17-7-9-19(10-8-17)24-23(27)21-15-18-5-4-6-20(28-2)22(18)29-21/h4-10,15H,3,11-14,16H2,1-2H3,(H,24,27). The lowest BCUT2D eigenvalue weighted by Crippen LogP contribution is -2.45. The Bertz CT molecular complexity index is 973. The third kappa shape index (κ3) is 4.44. The number of ether oxygens (including phenoxy) is 1. The number of para-hydroxylation sites is 1. The van der Waals surface area contributed by atoms with E-state index < -0.39 is 0 Å². The van der Waals surface area contributed by atoms with Crippen LogP contribution < -0.4 is 10.1 Å². The van der Waals surface area contributed by atoms with Crippen LogP contribution in [0, 0.1) is 0 Å². The monoisotopic (exact) mass is 393 g/mol. The minimum atomic E-state index is -0.272. The van der Waals surface area contributed by atoms with Crippen LogP contribution in [-0.4, -0.2) is 55.5 Å². The molecule has 3 aromatic rings. The molecule has 6 heteroatoms. The molecule has 2 heterocycles. The number of carbonyl (C=O) groups excluding carboxylic acids is 1. The summed E-state index contributed by atoms with van der Waals surface area (Å²) in [6, 6.07) is 15.3. The van der Waals surface area contributed by atoms with Crippen LogP contribution in [0.5, 0.6) is 5.75 Å². The lowest BCUT2D eigenvalue weighted by molar-refractivity contribution is 0.0998. The Morgan fingerprint density at radius 1 is 1.07 bits per heavy atom. The molecule has 1 fully saturated rings. The van der Waals surface area contributed by atoms with Gasteiger partial charge in [-0.1, -0.05) is 31.2 Å². The van der Waals surface area contributed by atoms with Crippen molar-refractivity contribution in [1.82, 2.24) is 9.80 Å². The fraction of sp³-hybridized carbons (Fsp3) is 0.348. The highest BCUT2D eigenvalue weighted by molar-refractivity contribution is 6.05. The van der Waals surface area contributed by atoms with E-state index in [-0.39, 0.29) is 11.7 Å². The number of rotatable bonds is 6. The first-order valence-corrected chi connectivity index (χ1v) is 10.1. The van der Waals surface area contributed by atoms with Crippen molar-refractivity contribution in [2.45, 2.75) is 13.5 Å². The third-order valence-electron chi connectivity index (χ3n) is 5.48.